The van der Waals surface area contributed by atoms with E-state index in [4.69, 9.17) is 5.73 Å². The molecule has 1 nitrogen and oxygen atoms in total. The van der Waals surface area contributed by atoms with E-state index < -0.39 is 0 Å². The molecule has 12 heavy (non-hydrogen) atoms. The van der Waals surface area contributed by atoms with Gasteiger partial charge in [0.25, 0.3) is 0 Å². The summed E-state index contributed by atoms with van der Waals surface area (Å²) >= 11 is 4.01. The molecule has 0 aliphatic heterocycles. The molecule has 1 aromatic heterocycles. The maximum absolute atomic E-state index is 5.88. The van der Waals surface area contributed by atoms with Crippen LogP contribution in [0.1, 0.15) is 5.56 Å². The van der Waals surface area contributed by atoms with E-state index in [1.54, 1.807) is 11.3 Å². The molecule has 0 bridgehead atoms. The van der Waals surface area contributed by atoms with E-state index in [0.29, 0.717) is 0 Å². The Hall–Kier alpha value is -0.290. The van der Waals surface area contributed by atoms with Gasteiger partial charge in [0.05, 0.1) is 10.4 Å². The van der Waals surface area contributed by atoms with Crippen molar-refractivity contribution in [3.05, 3.63) is 26.6 Å². The van der Waals surface area contributed by atoms with E-state index in [9.17, 15) is 0 Å². The van der Waals surface area contributed by atoms with Gasteiger partial charge >= 0.3 is 0 Å². The van der Waals surface area contributed by atoms with Gasteiger partial charge in [0.1, 0.15) is 0 Å². The van der Waals surface area contributed by atoms with E-state index >= 15 is 0 Å². The van der Waals surface area contributed by atoms with Gasteiger partial charge in [0.2, 0.25) is 0 Å². The van der Waals surface area contributed by atoms with Gasteiger partial charge in [-0.1, -0.05) is 0 Å². The van der Waals surface area contributed by atoms with Gasteiger partial charge in [-0.3, -0.25) is 0 Å². The number of thiophene rings is 1. The first-order valence-electron chi connectivity index (χ1n) is 3.61. The summed E-state index contributed by atoms with van der Waals surface area (Å²) in [7, 11) is 0. The molecular formula is C9H8INS. The fourth-order valence-electron chi connectivity index (χ4n) is 1.25. The summed E-state index contributed by atoms with van der Waals surface area (Å²) in [4.78, 5) is 0. The lowest BCUT2D eigenvalue weighted by Gasteiger charge is -1.97. The third-order valence-electron chi connectivity index (χ3n) is 1.86. The number of fused-ring (bicyclic) bond motifs is 1. The van der Waals surface area contributed by atoms with Crippen molar-refractivity contribution in [1.82, 2.24) is 0 Å². The highest BCUT2D eigenvalue weighted by molar-refractivity contribution is 14.1. The number of anilines is 1. The van der Waals surface area contributed by atoms with Crippen LogP contribution in [0.15, 0.2) is 17.5 Å². The van der Waals surface area contributed by atoms with Crippen LogP contribution in [0.3, 0.4) is 0 Å². The number of hydrogen-bond donors (Lipinski definition) is 1. The average molecular weight is 289 g/mol. The van der Waals surface area contributed by atoms with Crippen molar-refractivity contribution in [2.24, 2.45) is 0 Å². The summed E-state index contributed by atoms with van der Waals surface area (Å²) < 4.78 is 2.42. The molecule has 0 saturated heterocycles. The summed E-state index contributed by atoms with van der Waals surface area (Å²) in [5.41, 5.74) is 8.09. The standard InChI is InChI=1S/C9H8INS/c1-5-4-12-9-7(5)2-6(10)3-8(9)11/h2-4H,11H2,1H3. The minimum Gasteiger partial charge on any atom is -0.398 e. The second-order valence-electron chi connectivity index (χ2n) is 2.79. The number of aryl methyl sites for hydroxylation is 1. The number of rotatable bonds is 0. The maximum atomic E-state index is 5.88. The lowest BCUT2D eigenvalue weighted by atomic mass is 10.2. The number of nitrogens with two attached hydrogens (primary N) is 1. The van der Waals surface area contributed by atoms with E-state index in [0.717, 1.165) is 5.69 Å². The van der Waals surface area contributed by atoms with Crippen LogP contribution < -0.4 is 5.73 Å². The topological polar surface area (TPSA) is 26.0 Å². The van der Waals surface area contributed by atoms with E-state index in [1.807, 2.05) is 6.07 Å². The van der Waals surface area contributed by atoms with Crippen molar-refractivity contribution in [3.8, 4) is 0 Å². The van der Waals surface area contributed by atoms with Gasteiger partial charge in [0, 0.05) is 3.57 Å². The van der Waals surface area contributed by atoms with E-state index in [1.165, 1.54) is 19.2 Å². The molecule has 3 heteroatoms. The molecule has 0 radical (unpaired) electrons. The monoisotopic (exact) mass is 289 g/mol. The second-order valence-corrected chi connectivity index (χ2v) is 4.92. The Morgan fingerprint density at radius 2 is 2.17 bits per heavy atom. The number of benzene rings is 1. The Labute approximate surface area is 88.7 Å². The van der Waals surface area contributed by atoms with Crippen molar-refractivity contribution in [2.75, 3.05) is 5.73 Å². The largest absolute Gasteiger partial charge is 0.398 e. The lowest BCUT2D eigenvalue weighted by molar-refractivity contribution is 1.59. The molecule has 0 aliphatic rings. The molecule has 1 aromatic carbocycles. The highest BCUT2D eigenvalue weighted by Gasteiger charge is 2.03. The Bertz CT molecular complexity index is 433. The Balaban J connectivity index is 2.92. The van der Waals surface area contributed by atoms with Gasteiger partial charge in [-0.2, -0.15) is 0 Å². The third kappa shape index (κ3) is 1.21. The molecule has 0 unspecified atom stereocenters. The number of hydrogen-bond acceptors (Lipinski definition) is 2. The van der Waals surface area contributed by atoms with Crippen LogP contribution in [0.5, 0.6) is 0 Å². The molecule has 0 saturated carbocycles. The fourth-order valence-corrected chi connectivity index (χ4v) is 2.86. The first-order chi connectivity index (χ1) is 5.68. The Kier molecular flexibility index (Phi) is 2.00. The molecular weight excluding hydrogens is 281 g/mol. The van der Waals surface area contributed by atoms with Crippen molar-refractivity contribution < 1.29 is 0 Å². The fraction of sp³-hybridized carbons (Fsp3) is 0.111. The summed E-state index contributed by atoms with van der Waals surface area (Å²) in [6, 6.07) is 4.19. The van der Waals surface area contributed by atoms with Crippen molar-refractivity contribution >= 4 is 49.7 Å². The zero-order chi connectivity index (χ0) is 8.72. The molecule has 0 atom stereocenters. The molecule has 1 heterocycles. The zero-order valence-corrected chi connectivity index (χ0v) is 9.57. The van der Waals surface area contributed by atoms with Crippen LogP contribution in [0.2, 0.25) is 0 Å². The van der Waals surface area contributed by atoms with E-state index in [-0.39, 0.29) is 0 Å². The Morgan fingerprint density at radius 3 is 2.92 bits per heavy atom. The predicted molar refractivity (Wildman–Crippen MR) is 63.7 cm³/mol. The molecule has 0 fully saturated rings. The molecule has 0 amide bonds. The highest BCUT2D eigenvalue weighted by Crippen LogP contribution is 2.31. The normalized spacial score (nSPS) is 10.8. The van der Waals surface area contributed by atoms with Crippen LogP contribution in [-0.4, -0.2) is 0 Å². The molecule has 2 N–H and O–H groups in total. The zero-order valence-electron chi connectivity index (χ0n) is 6.60. The van der Waals surface area contributed by atoms with Gasteiger partial charge in [-0.05, 0) is 58.0 Å². The summed E-state index contributed by atoms with van der Waals surface area (Å²) in [6.45, 7) is 2.12. The molecule has 0 spiro atoms. The molecule has 2 aromatic rings. The summed E-state index contributed by atoms with van der Waals surface area (Å²) in [5, 5.41) is 3.45. The first kappa shape index (κ1) is 8.31. The highest BCUT2D eigenvalue weighted by atomic mass is 127. The predicted octanol–water partition coefficient (Wildman–Crippen LogP) is 3.40. The van der Waals surface area contributed by atoms with Crippen molar-refractivity contribution in [1.29, 1.82) is 0 Å². The van der Waals surface area contributed by atoms with Gasteiger partial charge < -0.3 is 5.73 Å². The maximum Gasteiger partial charge on any atom is 0.0575 e. The first-order valence-corrected chi connectivity index (χ1v) is 5.57. The minimum atomic E-state index is 0.898. The van der Waals surface area contributed by atoms with E-state index in [2.05, 4.69) is 41.0 Å². The summed E-state index contributed by atoms with van der Waals surface area (Å²) in [6.07, 6.45) is 0. The summed E-state index contributed by atoms with van der Waals surface area (Å²) in [5.74, 6) is 0. The minimum absolute atomic E-state index is 0.898. The SMILES string of the molecule is Cc1csc2c(N)cc(I)cc12. The second kappa shape index (κ2) is 2.88. The molecule has 62 valence electrons. The van der Waals surface area contributed by atoms with Crippen molar-refractivity contribution in [2.45, 2.75) is 6.92 Å². The molecule has 0 aliphatic carbocycles. The third-order valence-corrected chi connectivity index (χ3v) is 3.65. The van der Waals surface area contributed by atoms with Crippen LogP contribution >= 0.6 is 33.9 Å². The van der Waals surface area contributed by atoms with Gasteiger partial charge in [-0.15, -0.1) is 11.3 Å². The smallest absolute Gasteiger partial charge is 0.0575 e. The van der Waals surface area contributed by atoms with Gasteiger partial charge in [-0.25, -0.2) is 0 Å². The average Bonchev–Trinajstić information content (AvgIpc) is 2.33. The van der Waals surface area contributed by atoms with Crippen LogP contribution in [0.25, 0.3) is 10.1 Å². The van der Waals surface area contributed by atoms with Gasteiger partial charge in [0.15, 0.2) is 0 Å². The van der Waals surface area contributed by atoms with Crippen molar-refractivity contribution in [3.63, 3.8) is 0 Å². The van der Waals surface area contributed by atoms with Crippen LogP contribution in [0.4, 0.5) is 5.69 Å². The quantitative estimate of drug-likeness (QED) is 0.584. The Morgan fingerprint density at radius 1 is 1.42 bits per heavy atom. The lowest BCUT2D eigenvalue weighted by Crippen LogP contribution is -1.85. The number of nitrogen functional groups attached to an aromatic ring is 1. The number of halogens is 1. The molecule has 2 rings (SSSR count). The van der Waals surface area contributed by atoms with Crippen LogP contribution in [-0.2, 0) is 0 Å². The van der Waals surface area contributed by atoms with Crippen LogP contribution in [0, 0.1) is 10.5 Å².